The molecule has 6 aliphatic carbocycles. The summed E-state index contributed by atoms with van der Waals surface area (Å²) in [6, 6.07) is 0.545. The summed E-state index contributed by atoms with van der Waals surface area (Å²) >= 11 is 0. The first kappa shape index (κ1) is 13.0. The van der Waals surface area contributed by atoms with Crippen LogP contribution in [0.1, 0.15) is 64.2 Å². The van der Waals surface area contributed by atoms with Gasteiger partial charge in [-0.05, 0) is 92.8 Å². The van der Waals surface area contributed by atoms with Gasteiger partial charge in [-0.1, -0.05) is 6.42 Å². The first-order valence-corrected chi connectivity index (χ1v) is 9.54. The van der Waals surface area contributed by atoms with Crippen LogP contribution in [0, 0.1) is 41.4 Å². The molecule has 0 aromatic heterocycles. The Morgan fingerprint density at radius 3 is 2.00 bits per heavy atom. The molecule has 6 fully saturated rings. The topological polar surface area (TPSA) is 29.1 Å². The number of hydrogen-bond acceptors (Lipinski definition) is 1. The van der Waals surface area contributed by atoms with Crippen LogP contribution in [0.15, 0.2) is 0 Å². The molecule has 0 aliphatic heterocycles. The van der Waals surface area contributed by atoms with E-state index in [-0.39, 0.29) is 0 Å². The van der Waals surface area contributed by atoms with Crippen molar-refractivity contribution in [1.82, 2.24) is 5.32 Å². The van der Waals surface area contributed by atoms with Crippen molar-refractivity contribution in [1.29, 1.82) is 0 Å². The molecule has 0 spiro atoms. The lowest BCUT2D eigenvalue weighted by Crippen LogP contribution is -2.56. The number of carbonyl (C=O) groups excluding carboxylic acids is 1. The van der Waals surface area contributed by atoms with E-state index in [4.69, 9.17) is 0 Å². The average Bonchev–Trinajstić information content (AvgIpc) is 3.04. The normalized spacial score (nSPS) is 53.3. The molecular formula is C19H29NO. The largest absolute Gasteiger partial charge is 0.353 e. The number of rotatable bonds is 3. The Hall–Kier alpha value is -0.530. The SMILES string of the molecule is O=C(C[C@H]1C[C@@H]2CC[C@H]1C2)NC1C2CC3CC(C2)CC1C3. The van der Waals surface area contributed by atoms with E-state index in [9.17, 15) is 4.79 Å². The fraction of sp³-hybridized carbons (Fsp3) is 0.947. The quantitative estimate of drug-likeness (QED) is 0.841. The molecule has 0 unspecified atom stereocenters. The highest BCUT2D eigenvalue weighted by Gasteiger charge is 2.49. The summed E-state index contributed by atoms with van der Waals surface area (Å²) < 4.78 is 0. The fourth-order valence-corrected chi connectivity index (χ4v) is 7.27. The van der Waals surface area contributed by atoms with E-state index in [1.807, 2.05) is 0 Å². The zero-order valence-electron chi connectivity index (χ0n) is 13.1. The Morgan fingerprint density at radius 1 is 0.762 bits per heavy atom. The molecule has 3 atom stereocenters. The molecule has 1 amide bonds. The molecule has 116 valence electrons. The van der Waals surface area contributed by atoms with Gasteiger partial charge >= 0.3 is 0 Å². The Labute approximate surface area is 128 Å². The third kappa shape index (κ3) is 2.16. The van der Waals surface area contributed by atoms with Crippen molar-refractivity contribution in [3.63, 3.8) is 0 Å². The molecular weight excluding hydrogens is 258 g/mol. The lowest BCUT2D eigenvalue weighted by atomic mass is 9.54. The number of nitrogens with one attached hydrogen (secondary N) is 1. The molecule has 2 heteroatoms. The lowest BCUT2D eigenvalue weighted by molar-refractivity contribution is -0.126. The van der Waals surface area contributed by atoms with Gasteiger partial charge in [0.25, 0.3) is 0 Å². The Morgan fingerprint density at radius 2 is 1.43 bits per heavy atom. The second-order valence-corrected chi connectivity index (χ2v) is 9.16. The van der Waals surface area contributed by atoms with Crippen molar-refractivity contribution in [3.8, 4) is 0 Å². The number of amides is 1. The molecule has 2 nitrogen and oxygen atoms in total. The van der Waals surface area contributed by atoms with Gasteiger partial charge in [0.1, 0.15) is 0 Å². The molecule has 6 bridgehead atoms. The van der Waals surface area contributed by atoms with Crippen LogP contribution in [0.4, 0.5) is 0 Å². The number of carbonyl (C=O) groups is 1. The van der Waals surface area contributed by atoms with Gasteiger partial charge in [0, 0.05) is 12.5 Å². The first-order chi connectivity index (χ1) is 10.2. The van der Waals surface area contributed by atoms with Crippen LogP contribution in [0.2, 0.25) is 0 Å². The molecule has 0 saturated heterocycles. The van der Waals surface area contributed by atoms with Gasteiger partial charge in [-0.3, -0.25) is 4.79 Å². The zero-order chi connectivity index (χ0) is 14.0. The minimum Gasteiger partial charge on any atom is -0.353 e. The van der Waals surface area contributed by atoms with E-state index < -0.39 is 0 Å². The minimum absolute atomic E-state index is 0.394. The highest BCUT2D eigenvalue weighted by molar-refractivity contribution is 5.76. The average molecular weight is 287 g/mol. The highest BCUT2D eigenvalue weighted by atomic mass is 16.1. The monoisotopic (exact) mass is 287 g/mol. The molecule has 0 aromatic carbocycles. The molecule has 0 heterocycles. The van der Waals surface area contributed by atoms with Gasteiger partial charge in [0.2, 0.25) is 5.91 Å². The summed E-state index contributed by atoms with van der Waals surface area (Å²) in [5.41, 5.74) is 0. The van der Waals surface area contributed by atoms with E-state index in [0.717, 1.165) is 47.8 Å². The van der Waals surface area contributed by atoms with Crippen LogP contribution in [-0.2, 0) is 4.79 Å². The van der Waals surface area contributed by atoms with Crippen molar-refractivity contribution in [2.24, 2.45) is 41.4 Å². The van der Waals surface area contributed by atoms with Crippen molar-refractivity contribution < 1.29 is 4.79 Å². The smallest absolute Gasteiger partial charge is 0.220 e. The molecule has 6 aliphatic rings. The third-order valence-electron chi connectivity index (χ3n) is 7.89. The second-order valence-electron chi connectivity index (χ2n) is 9.16. The maximum atomic E-state index is 12.6. The van der Waals surface area contributed by atoms with Crippen molar-refractivity contribution in [3.05, 3.63) is 0 Å². The van der Waals surface area contributed by atoms with Crippen molar-refractivity contribution in [2.45, 2.75) is 70.3 Å². The van der Waals surface area contributed by atoms with Crippen LogP contribution in [0.25, 0.3) is 0 Å². The molecule has 0 aromatic rings. The Kier molecular flexibility index (Phi) is 2.92. The zero-order valence-corrected chi connectivity index (χ0v) is 13.1. The van der Waals surface area contributed by atoms with E-state index in [0.29, 0.717) is 11.9 Å². The molecule has 1 N–H and O–H groups in total. The fourth-order valence-electron chi connectivity index (χ4n) is 7.27. The van der Waals surface area contributed by atoms with E-state index in [1.165, 1.54) is 57.8 Å². The van der Waals surface area contributed by atoms with E-state index in [1.54, 1.807) is 0 Å². The molecule has 0 radical (unpaired) electrons. The number of hydrogen-bond donors (Lipinski definition) is 1. The van der Waals surface area contributed by atoms with Gasteiger partial charge in [0.15, 0.2) is 0 Å². The second kappa shape index (κ2) is 4.73. The minimum atomic E-state index is 0.394. The van der Waals surface area contributed by atoms with Crippen LogP contribution < -0.4 is 5.32 Å². The van der Waals surface area contributed by atoms with Crippen LogP contribution in [-0.4, -0.2) is 11.9 Å². The van der Waals surface area contributed by atoms with Gasteiger partial charge in [-0.2, -0.15) is 0 Å². The van der Waals surface area contributed by atoms with E-state index in [2.05, 4.69) is 5.32 Å². The van der Waals surface area contributed by atoms with Gasteiger partial charge in [-0.15, -0.1) is 0 Å². The first-order valence-electron chi connectivity index (χ1n) is 9.54. The maximum Gasteiger partial charge on any atom is 0.220 e. The summed E-state index contributed by atoms with van der Waals surface area (Å²) in [5, 5.41) is 3.51. The predicted molar refractivity (Wildman–Crippen MR) is 82.5 cm³/mol. The summed E-state index contributed by atoms with van der Waals surface area (Å²) in [7, 11) is 0. The van der Waals surface area contributed by atoms with Crippen LogP contribution >= 0.6 is 0 Å². The highest BCUT2D eigenvalue weighted by Crippen LogP contribution is 2.54. The van der Waals surface area contributed by atoms with Crippen LogP contribution in [0.5, 0.6) is 0 Å². The standard InChI is InChI=1S/C19H29NO/c21-18(10-15-5-11-1-2-14(15)4-11)20-19-16-6-12-3-13(8-16)9-17(19)7-12/h11-17,19H,1-10H2,(H,20,21)/t11-,12?,13?,14+,15-,16?,17?,19?/m1/s1. The predicted octanol–water partition coefficient (Wildman–Crippen LogP) is 3.75. The summed E-state index contributed by atoms with van der Waals surface area (Å²) in [5.74, 6) is 6.63. The Balaban J connectivity index is 1.21. The molecule has 21 heavy (non-hydrogen) atoms. The molecule has 6 saturated carbocycles. The summed E-state index contributed by atoms with van der Waals surface area (Å²) in [4.78, 5) is 12.6. The third-order valence-corrected chi connectivity index (χ3v) is 7.89. The van der Waals surface area contributed by atoms with Crippen molar-refractivity contribution in [2.75, 3.05) is 0 Å². The van der Waals surface area contributed by atoms with E-state index >= 15 is 0 Å². The maximum absolute atomic E-state index is 12.6. The molecule has 6 rings (SSSR count). The van der Waals surface area contributed by atoms with Gasteiger partial charge in [0.05, 0.1) is 0 Å². The van der Waals surface area contributed by atoms with Crippen molar-refractivity contribution >= 4 is 5.91 Å². The number of fused-ring (bicyclic) bond motifs is 2. The summed E-state index contributed by atoms with van der Waals surface area (Å²) in [6.07, 6.45) is 13.6. The Bertz CT molecular complexity index is 417. The van der Waals surface area contributed by atoms with Gasteiger partial charge in [-0.25, -0.2) is 0 Å². The van der Waals surface area contributed by atoms with Crippen LogP contribution in [0.3, 0.4) is 0 Å². The van der Waals surface area contributed by atoms with Gasteiger partial charge < -0.3 is 5.32 Å². The summed E-state index contributed by atoms with van der Waals surface area (Å²) in [6.45, 7) is 0. The lowest BCUT2D eigenvalue weighted by Gasteiger charge is -2.54.